The third kappa shape index (κ3) is 2.28. The Labute approximate surface area is 96.6 Å². The largest absolute Gasteiger partial charge is 0.323 e. The van der Waals surface area contributed by atoms with E-state index in [9.17, 15) is 8.42 Å². The van der Waals surface area contributed by atoms with Crippen molar-refractivity contribution in [2.45, 2.75) is 30.6 Å². The summed E-state index contributed by atoms with van der Waals surface area (Å²) in [6, 6.07) is 9.11. The van der Waals surface area contributed by atoms with E-state index in [0.29, 0.717) is 6.42 Å². The fourth-order valence-corrected chi connectivity index (χ4v) is 4.31. The molecule has 0 aromatic heterocycles. The van der Waals surface area contributed by atoms with E-state index < -0.39 is 15.1 Å². The first kappa shape index (κ1) is 11.6. The molecule has 16 heavy (non-hydrogen) atoms. The standard InChI is InChI=1S/C12H17NO2S/c13-12(10-6-2-1-3-7-10)11-8-4-5-9-16(11,14)15/h1-3,6-7,11-12H,4-5,8-9,13H2. The third-order valence-electron chi connectivity index (χ3n) is 3.21. The molecule has 3 nitrogen and oxygen atoms in total. The van der Waals surface area contributed by atoms with Gasteiger partial charge in [0.2, 0.25) is 0 Å². The fourth-order valence-electron chi connectivity index (χ4n) is 2.27. The molecule has 1 aromatic carbocycles. The van der Waals surface area contributed by atoms with E-state index in [4.69, 9.17) is 5.73 Å². The SMILES string of the molecule is NC(c1ccccc1)C1CCCCS1(=O)=O. The Morgan fingerprint density at radius 3 is 2.50 bits per heavy atom. The van der Waals surface area contributed by atoms with Crippen LogP contribution in [0.4, 0.5) is 0 Å². The second-order valence-electron chi connectivity index (χ2n) is 4.34. The summed E-state index contributed by atoms with van der Waals surface area (Å²) in [7, 11) is -3.00. The first-order valence-electron chi connectivity index (χ1n) is 5.63. The molecule has 1 fully saturated rings. The van der Waals surface area contributed by atoms with Crippen LogP contribution in [-0.2, 0) is 9.84 Å². The molecule has 4 heteroatoms. The maximum absolute atomic E-state index is 11.9. The van der Waals surface area contributed by atoms with Crippen molar-refractivity contribution in [1.29, 1.82) is 0 Å². The predicted octanol–water partition coefficient (Wildman–Crippen LogP) is 1.65. The highest BCUT2D eigenvalue weighted by molar-refractivity contribution is 7.92. The summed E-state index contributed by atoms with van der Waals surface area (Å²) < 4.78 is 23.8. The fraction of sp³-hybridized carbons (Fsp3) is 0.500. The molecule has 1 aromatic rings. The van der Waals surface area contributed by atoms with Crippen LogP contribution in [0.25, 0.3) is 0 Å². The van der Waals surface area contributed by atoms with Gasteiger partial charge in [0.05, 0.1) is 11.0 Å². The molecule has 1 aliphatic rings. The third-order valence-corrected chi connectivity index (χ3v) is 5.52. The smallest absolute Gasteiger partial charge is 0.155 e. The molecule has 1 heterocycles. The summed E-state index contributed by atoms with van der Waals surface area (Å²) in [5.41, 5.74) is 6.98. The van der Waals surface area contributed by atoms with Crippen LogP contribution in [0.5, 0.6) is 0 Å². The summed E-state index contributed by atoms with van der Waals surface area (Å²) in [5, 5.41) is -0.399. The van der Waals surface area contributed by atoms with E-state index in [1.54, 1.807) is 0 Å². The molecule has 0 spiro atoms. The normalized spacial score (nSPS) is 26.2. The van der Waals surface area contributed by atoms with Crippen molar-refractivity contribution in [3.8, 4) is 0 Å². The van der Waals surface area contributed by atoms with Crippen LogP contribution in [0.2, 0.25) is 0 Å². The topological polar surface area (TPSA) is 60.2 Å². The Morgan fingerprint density at radius 2 is 1.88 bits per heavy atom. The molecule has 0 aliphatic carbocycles. The van der Waals surface area contributed by atoms with E-state index in [2.05, 4.69) is 0 Å². The van der Waals surface area contributed by atoms with Crippen molar-refractivity contribution in [3.05, 3.63) is 35.9 Å². The molecule has 2 atom stereocenters. The Bertz CT molecular complexity index is 441. The molecular formula is C12H17NO2S. The lowest BCUT2D eigenvalue weighted by Crippen LogP contribution is -2.37. The number of benzene rings is 1. The lowest BCUT2D eigenvalue weighted by molar-refractivity contribution is 0.505. The van der Waals surface area contributed by atoms with Crippen molar-refractivity contribution >= 4 is 9.84 Å². The first-order chi connectivity index (χ1) is 7.61. The number of hydrogen-bond acceptors (Lipinski definition) is 3. The number of hydrogen-bond donors (Lipinski definition) is 1. The molecule has 1 aliphatic heterocycles. The zero-order valence-corrected chi connectivity index (χ0v) is 9.99. The summed E-state index contributed by atoms with van der Waals surface area (Å²) in [5.74, 6) is 0.290. The number of nitrogens with two attached hydrogens (primary N) is 1. The van der Waals surface area contributed by atoms with E-state index in [0.717, 1.165) is 18.4 Å². The maximum Gasteiger partial charge on any atom is 0.155 e. The average Bonchev–Trinajstić information content (AvgIpc) is 2.29. The van der Waals surface area contributed by atoms with E-state index in [-0.39, 0.29) is 11.8 Å². The highest BCUT2D eigenvalue weighted by Gasteiger charge is 2.34. The molecule has 0 amide bonds. The molecule has 0 saturated carbocycles. The lowest BCUT2D eigenvalue weighted by atomic mass is 10.0. The van der Waals surface area contributed by atoms with Crippen LogP contribution in [0.1, 0.15) is 30.9 Å². The van der Waals surface area contributed by atoms with Gasteiger partial charge in [-0.1, -0.05) is 36.8 Å². The van der Waals surface area contributed by atoms with Crippen LogP contribution >= 0.6 is 0 Å². The second-order valence-corrected chi connectivity index (χ2v) is 6.68. The first-order valence-corrected chi connectivity index (χ1v) is 7.35. The molecule has 0 bridgehead atoms. The van der Waals surface area contributed by atoms with Crippen molar-refractivity contribution in [3.63, 3.8) is 0 Å². The quantitative estimate of drug-likeness (QED) is 0.853. The van der Waals surface area contributed by atoms with Gasteiger partial charge in [0, 0.05) is 6.04 Å². The molecule has 1 saturated heterocycles. The van der Waals surface area contributed by atoms with E-state index in [1.165, 1.54) is 0 Å². The zero-order valence-electron chi connectivity index (χ0n) is 9.17. The van der Waals surface area contributed by atoms with Crippen molar-refractivity contribution in [1.82, 2.24) is 0 Å². The summed E-state index contributed by atoms with van der Waals surface area (Å²) in [4.78, 5) is 0. The van der Waals surface area contributed by atoms with Gasteiger partial charge in [0.25, 0.3) is 0 Å². The van der Waals surface area contributed by atoms with Gasteiger partial charge >= 0.3 is 0 Å². The molecule has 88 valence electrons. The van der Waals surface area contributed by atoms with Gasteiger partial charge in [-0.15, -0.1) is 0 Å². The summed E-state index contributed by atoms with van der Waals surface area (Å²) in [6.45, 7) is 0. The number of rotatable bonds is 2. The van der Waals surface area contributed by atoms with Gasteiger partial charge in [-0.05, 0) is 18.4 Å². The Balaban J connectivity index is 2.24. The van der Waals surface area contributed by atoms with Crippen LogP contribution in [0.3, 0.4) is 0 Å². The zero-order chi connectivity index (χ0) is 11.6. The molecule has 2 unspecified atom stereocenters. The predicted molar refractivity (Wildman–Crippen MR) is 64.8 cm³/mol. The molecular weight excluding hydrogens is 222 g/mol. The maximum atomic E-state index is 11.9. The van der Waals surface area contributed by atoms with Gasteiger partial charge in [0.1, 0.15) is 0 Å². The lowest BCUT2D eigenvalue weighted by Gasteiger charge is -2.27. The van der Waals surface area contributed by atoms with Crippen molar-refractivity contribution < 1.29 is 8.42 Å². The van der Waals surface area contributed by atoms with Crippen LogP contribution < -0.4 is 5.73 Å². The highest BCUT2D eigenvalue weighted by Crippen LogP contribution is 2.28. The minimum absolute atomic E-state index is 0.290. The minimum atomic E-state index is -3.00. The van der Waals surface area contributed by atoms with Gasteiger partial charge in [0.15, 0.2) is 9.84 Å². The van der Waals surface area contributed by atoms with Gasteiger partial charge in [-0.3, -0.25) is 0 Å². The Morgan fingerprint density at radius 1 is 1.19 bits per heavy atom. The molecule has 2 rings (SSSR count). The summed E-state index contributed by atoms with van der Waals surface area (Å²) >= 11 is 0. The van der Waals surface area contributed by atoms with Crippen LogP contribution in [0, 0.1) is 0 Å². The van der Waals surface area contributed by atoms with Gasteiger partial charge in [-0.25, -0.2) is 8.42 Å². The second kappa shape index (κ2) is 4.55. The summed E-state index contributed by atoms with van der Waals surface area (Å²) in [6.07, 6.45) is 2.43. The van der Waals surface area contributed by atoms with Crippen LogP contribution in [0.15, 0.2) is 30.3 Å². The average molecular weight is 239 g/mol. The van der Waals surface area contributed by atoms with Gasteiger partial charge in [-0.2, -0.15) is 0 Å². The molecule has 2 N–H and O–H groups in total. The van der Waals surface area contributed by atoms with E-state index in [1.807, 2.05) is 30.3 Å². The molecule has 0 radical (unpaired) electrons. The highest BCUT2D eigenvalue weighted by atomic mass is 32.2. The number of sulfone groups is 1. The monoisotopic (exact) mass is 239 g/mol. The van der Waals surface area contributed by atoms with Crippen molar-refractivity contribution in [2.24, 2.45) is 5.73 Å². The Hall–Kier alpha value is -0.870. The Kier molecular flexibility index (Phi) is 3.30. The van der Waals surface area contributed by atoms with Gasteiger partial charge < -0.3 is 5.73 Å². The van der Waals surface area contributed by atoms with Crippen LogP contribution in [-0.4, -0.2) is 19.4 Å². The minimum Gasteiger partial charge on any atom is -0.323 e. The van der Waals surface area contributed by atoms with Crippen molar-refractivity contribution in [2.75, 3.05) is 5.75 Å². The van der Waals surface area contributed by atoms with E-state index >= 15 is 0 Å².